The third-order valence-corrected chi connectivity index (χ3v) is 4.96. The van der Waals surface area contributed by atoms with Gasteiger partial charge in [-0.05, 0) is 56.0 Å². The topological polar surface area (TPSA) is 63.0 Å². The number of amides is 2. The van der Waals surface area contributed by atoms with Crippen LogP contribution in [0, 0.1) is 18.7 Å². The van der Waals surface area contributed by atoms with E-state index < -0.39 is 0 Å². The highest BCUT2D eigenvalue weighted by molar-refractivity contribution is 5.85. The molecule has 1 aromatic heterocycles. The standard InChI is InChI=1S/C25H35FN2O4/c1-5-31-14-6-13-27(24(29)15-19(2)3)18-25(30)28(17-23-12-7-20(4)32-23)16-21-8-10-22(26)11-9-21/h7-12,19H,5-6,13-18H2,1-4H3. The monoisotopic (exact) mass is 446 g/mol. The summed E-state index contributed by atoms with van der Waals surface area (Å²) >= 11 is 0. The Morgan fingerprint density at radius 3 is 2.34 bits per heavy atom. The zero-order chi connectivity index (χ0) is 23.5. The first-order chi connectivity index (χ1) is 15.3. The average Bonchev–Trinajstić information content (AvgIpc) is 3.15. The maximum Gasteiger partial charge on any atom is 0.242 e. The van der Waals surface area contributed by atoms with E-state index in [1.54, 1.807) is 21.9 Å². The van der Waals surface area contributed by atoms with Crippen molar-refractivity contribution >= 4 is 11.8 Å². The summed E-state index contributed by atoms with van der Waals surface area (Å²) in [7, 11) is 0. The van der Waals surface area contributed by atoms with Crippen LogP contribution in [0.2, 0.25) is 0 Å². The summed E-state index contributed by atoms with van der Waals surface area (Å²) in [6.07, 6.45) is 1.05. The van der Waals surface area contributed by atoms with Crippen molar-refractivity contribution in [2.45, 2.75) is 53.6 Å². The lowest BCUT2D eigenvalue weighted by Gasteiger charge is -2.28. The predicted octanol–water partition coefficient (Wildman–Crippen LogP) is 4.56. The Bertz CT molecular complexity index is 848. The number of benzene rings is 1. The zero-order valence-corrected chi connectivity index (χ0v) is 19.6. The Kier molecular flexibility index (Phi) is 10.4. The molecule has 0 aliphatic heterocycles. The van der Waals surface area contributed by atoms with Crippen molar-refractivity contribution in [3.63, 3.8) is 0 Å². The molecule has 7 heteroatoms. The van der Waals surface area contributed by atoms with Gasteiger partial charge >= 0.3 is 0 Å². The second-order valence-electron chi connectivity index (χ2n) is 8.35. The number of rotatable bonds is 13. The Balaban J connectivity index is 2.15. The van der Waals surface area contributed by atoms with Crippen molar-refractivity contribution in [1.82, 2.24) is 9.80 Å². The number of nitrogens with zero attached hydrogens (tertiary/aromatic N) is 2. The smallest absolute Gasteiger partial charge is 0.242 e. The number of furan rings is 1. The largest absolute Gasteiger partial charge is 0.464 e. The van der Waals surface area contributed by atoms with Gasteiger partial charge in [0.15, 0.2) is 0 Å². The molecule has 0 radical (unpaired) electrons. The van der Waals surface area contributed by atoms with Gasteiger partial charge in [-0.3, -0.25) is 9.59 Å². The highest BCUT2D eigenvalue weighted by Gasteiger charge is 2.23. The number of aryl methyl sites for hydroxylation is 1. The Morgan fingerprint density at radius 1 is 1.03 bits per heavy atom. The van der Waals surface area contributed by atoms with Crippen molar-refractivity contribution in [3.8, 4) is 0 Å². The molecule has 1 heterocycles. The third kappa shape index (κ3) is 8.83. The van der Waals surface area contributed by atoms with E-state index in [0.717, 1.165) is 11.3 Å². The summed E-state index contributed by atoms with van der Waals surface area (Å²) in [4.78, 5) is 29.3. The molecule has 0 atom stereocenters. The molecule has 2 amide bonds. The van der Waals surface area contributed by atoms with Crippen molar-refractivity contribution in [1.29, 1.82) is 0 Å². The fraction of sp³-hybridized carbons (Fsp3) is 0.520. The highest BCUT2D eigenvalue weighted by atomic mass is 19.1. The molecule has 1 aromatic carbocycles. The molecule has 0 N–H and O–H groups in total. The summed E-state index contributed by atoms with van der Waals surface area (Å²) in [5, 5.41) is 0. The van der Waals surface area contributed by atoms with Gasteiger partial charge in [0.1, 0.15) is 17.3 Å². The second-order valence-corrected chi connectivity index (χ2v) is 8.35. The van der Waals surface area contributed by atoms with Gasteiger partial charge < -0.3 is 19.0 Å². The molecular weight excluding hydrogens is 411 g/mol. The van der Waals surface area contributed by atoms with Crippen LogP contribution in [0.4, 0.5) is 4.39 Å². The van der Waals surface area contributed by atoms with Crippen LogP contribution in [-0.4, -0.2) is 47.9 Å². The molecule has 0 bridgehead atoms. The maximum atomic E-state index is 13.3. The minimum Gasteiger partial charge on any atom is -0.464 e. The lowest BCUT2D eigenvalue weighted by Crippen LogP contribution is -2.43. The fourth-order valence-electron chi connectivity index (χ4n) is 3.34. The molecule has 2 rings (SSSR count). The molecule has 6 nitrogen and oxygen atoms in total. The zero-order valence-electron chi connectivity index (χ0n) is 19.6. The molecule has 0 aliphatic carbocycles. The van der Waals surface area contributed by atoms with Gasteiger partial charge in [-0.2, -0.15) is 0 Å². The predicted molar refractivity (Wildman–Crippen MR) is 121 cm³/mol. The summed E-state index contributed by atoms with van der Waals surface area (Å²) in [5.41, 5.74) is 0.805. The quantitative estimate of drug-likeness (QED) is 0.423. The second kappa shape index (κ2) is 13.0. The highest BCUT2D eigenvalue weighted by Crippen LogP contribution is 2.15. The Labute approximate surface area is 190 Å². The van der Waals surface area contributed by atoms with Gasteiger partial charge in [-0.25, -0.2) is 4.39 Å². The van der Waals surface area contributed by atoms with E-state index in [9.17, 15) is 14.0 Å². The van der Waals surface area contributed by atoms with Crippen LogP contribution >= 0.6 is 0 Å². The molecule has 0 unspecified atom stereocenters. The van der Waals surface area contributed by atoms with Crippen LogP contribution < -0.4 is 0 Å². The Morgan fingerprint density at radius 2 is 1.75 bits per heavy atom. The molecule has 176 valence electrons. The van der Waals surface area contributed by atoms with E-state index in [0.29, 0.717) is 44.9 Å². The van der Waals surface area contributed by atoms with E-state index in [4.69, 9.17) is 9.15 Å². The van der Waals surface area contributed by atoms with Crippen LogP contribution in [0.5, 0.6) is 0 Å². The lowest BCUT2D eigenvalue weighted by atomic mass is 10.1. The van der Waals surface area contributed by atoms with Crippen LogP contribution in [0.1, 0.15) is 50.7 Å². The lowest BCUT2D eigenvalue weighted by molar-refractivity contribution is -0.142. The number of hydrogen-bond donors (Lipinski definition) is 0. The molecule has 0 saturated carbocycles. The van der Waals surface area contributed by atoms with E-state index >= 15 is 0 Å². The molecule has 0 saturated heterocycles. The molecule has 2 aromatic rings. The van der Waals surface area contributed by atoms with Gasteiger partial charge in [-0.1, -0.05) is 26.0 Å². The van der Waals surface area contributed by atoms with E-state index in [2.05, 4.69) is 0 Å². The van der Waals surface area contributed by atoms with Crippen molar-refractivity contribution in [2.75, 3.05) is 26.3 Å². The van der Waals surface area contributed by atoms with Gasteiger partial charge in [0, 0.05) is 32.7 Å². The van der Waals surface area contributed by atoms with Crippen molar-refractivity contribution in [2.24, 2.45) is 5.92 Å². The number of ether oxygens (including phenoxy) is 1. The van der Waals surface area contributed by atoms with Crippen LogP contribution in [0.15, 0.2) is 40.8 Å². The average molecular weight is 447 g/mol. The van der Waals surface area contributed by atoms with Crippen LogP contribution in [0.25, 0.3) is 0 Å². The van der Waals surface area contributed by atoms with Gasteiger partial charge in [0.05, 0.1) is 13.1 Å². The van der Waals surface area contributed by atoms with Crippen molar-refractivity contribution < 1.29 is 23.1 Å². The van der Waals surface area contributed by atoms with Crippen LogP contribution in [0.3, 0.4) is 0 Å². The first-order valence-electron chi connectivity index (χ1n) is 11.2. The van der Waals surface area contributed by atoms with E-state index in [1.807, 2.05) is 39.8 Å². The van der Waals surface area contributed by atoms with Crippen LogP contribution in [-0.2, 0) is 27.4 Å². The van der Waals surface area contributed by atoms with Crippen molar-refractivity contribution in [3.05, 3.63) is 59.3 Å². The molecule has 32 heavy (non-hydrogen) atoms. The minimum atomic E-state index is -0.326. The first kappa shape index (κ1) is 25.6. The summed E-state index contributed by atoms with van der Waals surface area (Å²) in [6, 6.07) is 9.76. The molecule has 0 aliphatic rings. The normalized spacial score (nSPS) is 11.1. The fourth-order valence-corrected chi connectivity index (χ4v) is 3.34. The maximum absolute atomic E-state index is 13.3. The number of carbonyl (C=O) groups is 2. The number of halogens is 1. The summed E-state index contributed by atoms with van der Waals surface area (Å²) in [6.45, 7) is 9.92. The molecule has 0 fully saturated rings. The minimum absolute atomic E-state index is 0.0153. The van der Waals surface area contributed by atoms with Gasteiger partial charge in [-0.15, -0.1) is 0 Å². The number of carbonyl (C=O) groups excluding carboxylic acids is 2. The van der Waals surface area contributed by atoms with Gasteiger partial charge in [0.2, 0.25) is 11.8 Å². The Hall–Kier alpha value is -2.67. The summed E-state index contributed by atoms with van der Waals surface area (Å²) < 4.78 is 24.4. The summed E-state index contributed by atoms with van der Waals surface area (Å²) in [5.74, 6) is 1.08. The molecular formula is C25H35FN2O4. The van der Waals surface area contributed by atoms with Gasteiger partial charge in [0.25, 0.3) is 0 Å². The van der Waals surface area contributed by atoms with E-state index in [-0.39, 0.29) is 36.6 Å². The van der Waals surface area contributed by atoms with E-state index in [1.165, 1.54) is 12.1 Å². The number of hydrogen-bond acceptors (Lipinski definition) is 4. The third-order valence-electron chi connectivity index (χ3n) is 4.96. The SMILES string of the molecule is CCOCCCN(CC(=O)N(Cc1ccc(F)cc1)Cc1ccc(C)o1)C(=O)CC(C)C. The molecule has 0 spiro atoms. The first-order valence-corrected chi connectivity index (χ1v) is 11.2.